The third kappa shape index (κ3) is 28.2. The Labute approximate surface area is 331 Å². The predicted octanol–water partition coefficient (Wildman–Crippen LogP) is 17.3. The van der Waals surface area contributed by atoms with Gasteiger partial charge in [-0.1, -0.05) is 116 Å². The van der Waals surface area contributed by atoms with Gasteiger partial charge in [-0.05, 0) is 200 Å². The molecule has 0 spiro atoms. The van der Waals surface area contributed by atoms with Crippen LogP contribution in [0.15, 0.2) is 116 Å². The summed E-state index contributed by atoms with van der Waals surface area (Å²) in [5, 5.41) is 0. The summed E-state index contributed by atoms with van der Waals surface area (Å²) in [6, 6.07) is 0. The molecule has 0 saturated carbocycles. The number of allylic oxidation sites excluding steroid dienone is 20. The highest BCUT2D eigenvalue weighted by atomic mass is 16.1. The molecular formula is C52H84O. The normalized spacial score (nSPS) is 14.9. The first-order chi connectivity index (χ1) is 24.9. The lowest BCUT2D eigenvalue weighted by atomic mass is 9.75. The molecule has 0 aliphatic rings. The molecule has 0 radical (unpaired) electrons. The maximum absolute atomic E-state index is 13.6. The summed E-state index contributed by atoms with van der Waals surface area (Å²) in [4.78, 5) is 13.6. The van der Waals surface area contributed by atoms with Crippen LogP contribution in [0.1, 0.15) is 200 Å². The molecule has 0 heterocycles. The van der Waals surface area contributed by atoms with E-state index in [-0.39, 0.29) is 5.78 Å². The van der Waals surface area contributed by atoms with Gasteiger partial charge in [-0.2, -0.15) is 0 Å². The Morgan fingerprint density at radius 3 is 0.792 bits per heavy atom. The van der Waals surface area contributed by atoms with Crippen molar-refractivity contribution in [2.24, 2.45) is 5.41 Å². The quantitative estimate of drug-likeness (QED) is 0.0771. The van der Waals surface area contributed by atoms with Crippen LogP contribution >= 0.6 is 0 Å². The van der Waals surface area contributed by atoms with Gasteiger partial charge in [-0.25, -0.2) is 0 Å². The molecular weight excluding hydrogens is 641 g/mol. The molecule has 0 amide bonds. The van der Waals surface area contributed by atoms with E-state index in [0.717, 1.165) is 103 Å². The van der Waals surface area contributed by atoms with Crippen molar-refractivity contribution in [1.29, 1.82) is 0 Å². The van der Waals surface area contributed by atoms with Gasteiger partial charge in [0.1, 0.15) is 5.78 Å². The Morgan fingerprint density at radius 1 is 0.321 bits per heavy atom. The molecule has 0 bridgehead atoms. The number of rotatable bonds is 27. The Kier molecular flexibility index (Phi) is 27.8. The molecule has 53 heavy (non-hydrogen) atoms. The number of hydrogen-bond acceptors (Lipinski definition) is 1. The molecule has 298 valence electrons. The zero-order chi connectivity index (χ0) is 40.2. The number of Topliss-reactive ketones (excluding diaryl/α,β-unsaturated/α-hetero) is 1. The van der Waals surface area contributed by atoms with Crippen LogP contribution in [-0.2, 0) is 4.79 Å². The molecule has 0 rings (SSSR count). The maximum atomic E-state index is 13.6. The van der Waals surface area contributed by atoms with Crippen LogP contribution in [0.4, 0.5) is 0 Å². The van der Waals surface area contributed by atoms with Crippen molar-refractivity contribution in [3.63, 3.8) is 0 Å². The summed E-state index contributed by atoms with van der Waals surface area (Å²) in [5.74, 6) is 0.272. The van der Waals surface area contributed by atoms with Crippen molar-refractivity contribution in [2.75, 3.05) is 0 Å². The number of ketones is 1. The van der Waals surface area contributed by atoms with E-state index in [1.807, 2.05) is 6.92 Å². The first kappa shape index (κ1) is 50.1. The van der Waals surface area contributed by atoms with Gasteiger partial charge in [0.2, 0.25) is 0 Å². The molecule has 0 atom stereocenters. The van der Waals surface area contributed by atoms with Crippen molar-refractivity contribution in [2.45, 2.75) is 200 Å². The van der Waals surface area contributed by atoms with Crippen molar-refractivity contribution in [3.8, 4) is 0 Å². The molecule has 0 aromatic heterocycles. The largest absolute Gasteiger partial charge is 0.299 e. The van der Waals surface area contributed by atoms with Gasteiger partial charge in [-0.15, -0.1) is 0 Å². The van der Waals surface area contributed by atoms with E-state index >= 15 is 0 Å². The smallest absolute Gasteiger partial charge is 0.140 e. The second-order valence-electron chi connectivity index (χ2n) is 17.0. The molecule has 0 aliphatic carbocycles. The minimum Gasteiger partial charge on any atom is -0.299 e. The average Bonchev–Trinajstić information content (AvgIpc) is 3.05. The van der Waals surface area contributed by atoms with Crippen molar-refractivity contribution in [1.82, 2.24) is 0 Å². The summed E-state index contributed by atoms with van der Waals surface area (Å²) >= 11 is 0. The summed E-state index contributed by atoms with van der Waals surface area (Å²) in [5.41, 5.74) is 13.6. The summed E-state index contributed by atoms with van der Waals surface area (Å²) in [6.45, 7) is 30.6. The second-order valence-corrected chi connectivity index (χ2v) is 17.0. The van der Waals surface area contributed by atoms with E-state index in [4.69, 9.17) is 0 Å². The third-order valence-electron chi connectivity index (χ3n) is 10.3. The topological polar surface area (TPSA) is 17.1 Å². The average molecular weight is 725 g/mol. The molecule has 1 nitrogen and oxygen atoms in total. The highest BCUT2D eigenvalue weighted by Gasteiger charge is 2.31. The zero-order valence-electron chi connectivity index (χ0n) is 37.5. The fourth-order valence-electron chi connectivity index (χ4n) is 6.41. The summed E-state index contributed by atoms with van der Waals surface area (Å²) in [6.07, 6.45) is 40.4. The van der Waals surface area contributed by atoms with Gasteiger partial charge >= 0.3 is 0 Å². The standard InChI is InChI=1S/C52H84O/c1-41(2)22-15-25-44(7)28-18-29-47(10)32-21-35-50(13)40-52(51(14)53,38-36-48(11)33-19-30-45(8)26-16-23-42(3)4)39-37-49(12)34-20-31-46(9)27-17-24-43(5)6/h22-24,28,30-32,36-37,40H,15-21,25-27,29,33-35,38-39H2,1-14H3. The van der Waals surface area contributed by atoms with E-state index in [0.29, 0.717) is 0 Å². The van der Waals surface area contributed by atoms with Gasteiger partial charge in [0.05, 0.1) is 5.41 Å². The predicted molar refractivity (Wildman–Crippen MR) is 242 cm³/mol. The molecule has 0 saturated heterocycles. The monoisotopic (exact) mass is 725 g/mol. The molecule has 1 heteroatoms. The summed E-state index contributed by atoms with van der Waals surface area (Å²) in [7, 11) is 0. The van der Waals surface area contributed by atoms with Crippen LogP contribution in [0, 0.1) is 5.41 Å². The van der Waals surface area contributed by atoms with E-state index in [2.05, 4.69) is 151 Å². The lowest BCUT2D eigenvalue weighted by Crippen LogP contribution is -2.26. The fraction of sp³-hybridized carbons (Fsp3) is 0.596. The van der Waals surface area contributed by atoms with Gasteiger partial charge in [0.25, 0.3) is 0 Å². The number of carbonyl (C=O) groups is 1. The fourth-order valence-corrected chi connectivity index (χ4v) is 6.41. The van der Waals surface area contributed by atoms with Gasteiger partial charge in [0.15, 0.2) is 0 Å². The Balaban J connectivity index is 5.84. The minimum absolute atomic E-state index is 0.272. The lowest BCUT2D eigenvalue weighted by molar-refractivity contribution is -0.124. The van der Waals surface area contributed by atoms with Crippen LogP contribution in [-0.4, -0.2) is 5.78 Å². The van der Waals surface area contributed by atoms with E-state index < -0.39 is 5.41 Å². The maximum Gasteiger partial charge on any atom is 0.140 e. The van der Waals surface area contributed by atoms with Crippen LogP contribution in [0.5, 0.6) is 0 Å². The van der Waals surface area contributed by atoms with Crippen molar-refractivity contribution in [3.05, 3.63) is 116 Å². The minimum atomic E-state index is -0.509. The van der Waals surface area contributed by atoms with Crippen LogP contribution in [0.25, 0.3) is 0 Å². The SMILES string of the molecule is CC(=O)C(C=C(C)CCC=C(C)CCC=C(C)CCC=C(C)C)(CC=C(C)CCC=C(C)CCC=C(C)C)CC=C(C)CCC=C(C)CCC=C(C)C. The number of hydrogen-bond donors (Lipinski definition) is 0. The Morgan fingerprint density at radius 2 is 0.547 bits per heavy atom. The molecule has 0 N–H and O–H groups in total. The zero-order valence-corrected chi connectivity index (χ0v) is 37.5. The molecule has 0 aromatic rings. The Hall–Kier alpha value is -2.93. The van der Waals surface area contributed by atoms with Gasteiger partial charge < -0.3 is 0 Å². The van der Waals surface area contributed by atoms with E-state index in [1.54, 1.807) is 0 Å². The molecule has 0 aromatic carbocycles. The number of carbonyl (C=O) groups excluding carboxylic acids is 1. The molecule has 0 unspecified atom stereocenters. The first-order valence-electron chi connectivity index (χ1n) is 21.0. The lowest BCUT2D eigenvalue weighted by Gasteiger charge is -2.28. The molecule has 0 aliphatic heterocycles. The van der Waals surface area contributed by atoms with Gasteiger partial charge in [0, 0.05) is 0 Å². The Bertz CT molecular complexity index is 1330. The first-order valence-corrected chi connectivity index (χ1v) is 21.0. The summed E-state index contributed by atoms with van der Waals surface area (Å²) < 4.78 is 0. The second kappa shape index (κ2) is 29.4. The van der Waals surface area contributed by atoms with Crippen molar-refractivity contribution < 1.29 is 4.79 Å². The van der Waals surface area contributed by atoms with Crippen LogP contribution in [0.2, 0.25) is 0 Å². The van der Waals surface area contributed by atoms with Crippen LogP contribution < -0.4 is 0 Å². The van der Waals surface area contributed by atoms with Gasteiger partial charge in [-0.3, -0.25) is 4.79 Å². The highest BCUT2D eigenvalue weighted by molar-refractivity contribution is 5.85. The van der Waals surface area contributed by atoms with Crippen molar-refractivity contribution >= 4 is 5.78 Å². The third-order valence-corrected chi connectivity index (χ3v) is 10.3. The molecule has 0 fully saturated rings. The highest BCUT2D eigenvalue weighted by Crippen LogP contribution is 2.35. The van der Waals surface area contributed by atoms with E-state index in [9.17, 15) is 4.79 Å². The van der Waals surface area contributed by atoms with Crippen LogP contribution in [0.3, 0.4) is 0 Å². The van der Waals surface area contributed by atoms with E-state index in [1.165, 1.54) is 55.7 Å².